The lowest BCUT2D eigenvalue weighted by Crippen LogP contribution is -2.43. The van der Waals surface area contributed by atoms with E-state index in [-0.39, 0.29) is 0 Å². The van der Waals surface area contributed by atoms with Crippen LogP contribution in [-0.2, 0) is 0 Å². The minimum absolute atomic E-state index is 0.746. The van der Waals surface area contributed by atoms with Gasteiger partial charge in [-0.2, -0.15) is 0 Å². The predicted octanol–water partition coefficient (Wildman–Crippen LogP) is 2.66. The minimum Gasteiger partial charge on any atom is -0.314 e. The molecule has 0 aromatic rings. The van der Waals surface area contributed by atoms with E-state index in [1.54, 1.807) is 0 Å². The third-order valence-corrected chi connectivity index (χ3v) is 3.53. The zero-order valence-corrected chi connectivity index (χ0v) is 11.3. The smallest absolute Gasteiger partial charge is 0.0187 e. The van der Waals surface area contributed by atoms with Gasteiger partial charge in [0.1, 0.15) is 0 Å². The zero-order chi connectivity index (χ0) is 12.0. The Labute approximate surface area is 101 Å². The molecular weight excluding hydrogens is 196 g/mol. The molecule has 1 atom stereocenters. The molecular formula is C14H28N2. The van der Waals surface area contributed by atoms with Crippen molar-refractivity contribution in [3.05, 3.63) is 12.2 Å². The maximum absolute atomic E-state index is 3.98. The van der Waals surface area contributed by atoms with Gasteiger partial charge in [-0.1, -0.05) is 32.4 Å². The summed E-state index contributed by atoms with van der Waals surface area (Å²) in [6.45, 7) is 15.4. The van der Waals surface area contributed by atoms with E-state index in [4.69, 9.17) is 0 Å². The molecule has 1 rings (SSSR count). The fourth-order valence-electron chi connectivity index (χ4n) is 2.19. The summed E-state index contributed by atoms with van der Waals surface area (Å²) in [5.41, 5.74) is 1.28. The SMILES string of the molecule is C=C(C)CN1CCC(NCC(C)CC)CC1. The van der Waals surface area contributed by atoms with Crippen LogP contribution in [0.4, 0.5) is 0 Å². The maximum atomic E-state index is 3.98. The highest BCUT2D eigenvalue weighted by molar-refractivity contribution is 4.93. The maximum Gasteiger partial charge on any atom is 0.0187 e. The molecule has 1 N–H and O–H groups in total. The average molecular weight is 224 g/mol. The molecule has 0 amide bonds. The molecule has 16 heavy (non-hydrogen) atoms. The van der Waals surface area contributed by atoms with Crippen molar-refractivity contribution >= 4 is 0 Å². The van der Waals surface area contributed by atoms with Crippen molar-refractivity contribution in [2.24, 2.45) is 5.92 Å². The summed E-state index contributed by atoms with van der Waals surface area (Å²) in [4.78, 5) is 2.52. The highest BCUT2D eigenvalue weighted by atomic mass is 15.1. The van der Waals surface area contributed by atoms with Crippen LogP contribution in [0, 0.1) is 5.92 Å². The fourth-order valence-corrected chi connectivity index (χ4v) is 2.19. The molecule has 0 aliphatic carbocycles. The fraction of sp³-hybridized carbons (Fsp3) is 0.857. The normalized spacial score (nSPS) is 20.9. The molecule has 2 nitrogen and oxygen atoms in total. The summed E-state index contributed by atoms with van der Waals surface area (Å²) in [5.74, 6) is 0.813. The average Bonchev–Trinajstić information content (AvgIpc) is 2.27. The van der Waals surface area contributed by atoms with Crippen molar-refractivity contribution in [3.63, 3.8) is 0 Å². The topological polar surface area (TPSA) is 15.3 Å². The van der Waals surface area contributed by atoms with Gasteiger partial charge in [-0.15, -0.1) is 0 Å². The molecule has 1 saturated heterocycles. The van der Waals surface area contributed by atoms with Gasteiger partial charge in [-0.3, -0.25) is 4.90 Å². The molecule has 0 spiro atoms. The van der Waals surface area contributed by atoms with E-state index >= 15 is 0 Å². The lowest BCUT2D eigenvalue weighted by Gasteiger charge is -2.33. The van der Waals surface area contributed by atoms with Gasteiger partial charge in [0.15, 0.2) is 0 Å². The Kier molecular flexibility index (Phi) is 6.07. The first-order valence-electron chi connectivity index (χ1n) is 6.72. The molecule has 0 aromatic carbocycles. The van der Waals surface area contributed by atoms with Crippen molar-refractivity contribution in [3.8, 4) is 0 Å². The summed E-state index contributed by atoms with van der Waals surface area (Å²) in [6.07, 6.45) is 3.87. The Morgan fingerprint density at radius 3 is 2.56 bits per heavy atom. The van der Waals surface area contributed by atoms with Gasteiger partial charge in [0, 0.05) is 12.6 Å². The molecule has 1 aliphatic heterocycles. The van der Waals surface area contributed by atoms with E-state index in [1.165, 1.54) is 44.5 Å². The molecule has 0 radical (unpaired) electrons. The van der Waals surface area contributed by atoms with Crippen LogP contribution in [0.2, 0.25) is 0 Å². The van der Waals surface area contributed by atoms with Crippen LogP contribution in [0.5, 0.6) is 0 Å². The third kappa shape index (κ3) is 5.13. The van der Waals surface area contributed by atoms with E-state index in [1.807, 2.05) is 0 Å². The highest BCUT2D eigenvalue weighted by Crippen LogP contribution is 2.12. The van der Waals surface area contributed by atoms with E-state index in [2.05, 4.69) is 37.6 Å². The van der Waals surface area contributed by atoms with E-state index in [0.717, 1.165) is 18.5 Å². The van der Waals surface area contributed by atoms with Crippen LogP contribution in [-0.4, -0.2) is 37.1 Å². The van der Waals surface area contributed by atoms with Gasteiger partial charge in [-0.25, -0.2) is 0 Å². The monoisotopic (exact) mass is 224 g/mol. The van der Waals surface area contributed by atoms with E-state index in [0.29, 0.717) is 0 Å². The molecule has 1 aliphatic rings. The molecule has 1 heterocycles. The Morgan fingerprint density at radius 1 is 1.44 bits per heavy atom. The second-order valence-corrected chi connectivity index (χ2v) is 5.43. The second kappa shape index (κ2) is 7.08. The lowest BCUT2D eigenvalue weighted by atomic mass is 10.0. The quantitative estimate of drug-likeness (QED) is 0.698. The first-order chi connectivity index (χ1) is 7.61. The van der Waals surface area contributed by atoms with Crippen LogP contribution in [0.25, 0.3) is 0 Å². The largest absolute Gasteiger partial charge is 0.314 e. The molecule has 1 fully saturated rings. The summed E-state index contributed by atoms with van der Waals surface area (Å²) >= 11 is 0. The third-order valence-electron chi connectivity index (χ3n) is 3.53. The standard InChI is InChI=1S/C14H28N2/c1-5-13(4)10-15-14-6-8-16(9-7-14)11-12(2)3/h13-15H,2,5-11H2,1,3-4H3. The van der Waals surface area contributed by atoms with Gasteiger partial charge < -0.3 is 5.32 Å². The molecule has 0 saturated carbocycles. The Balaban J connectivity index is 2.14. The van der Waals surface area contributed by atoms with Crippen LogP contribution in [0.1, 0.15) is 40.0 Å². The number of likely N-dealkylation sites (tertiary alicyclic amines) is 1. The summed E-state index contributed by atoms with van der Waals surface area (Å²) in [6, 6.07) is 0.746. The molecule has 2 heteroatoms. The molecule has 1 unspecified atom stereocenters. The first-order valence-corrected chi connectivity index (χ1v) is 6.72. The van der Waals surface area contributed by atoms with Crippen molar-refractivity contribution < 1.29 is 0 Å². The molecule has 0 aromatic heterocycles. The predicted molar refractivity (Wildman–Crippen MR) is 71.7 cm³/mol. The summed E-state index contributed by atoms with van der Waals surface area (Å²) in [7, 11) is 0. The van der Waals surface area contributed by atoms with E-state index < -0.39 is 0 Å². The lowest BCUT2D eigenvalue weighted by molar-refractivity contribution is 0.208. The number of rotatable bonds is 6. The number of nitrogens with zero attached hydrogens (tertiary/aromatic N) is 1. The van der Waals surface area contributed by atoms with Gasteiger partial charge >= 0.3 is 0 Å². The number of nitrogens with one attached hydrogen (secondary N) is 1. The van der Waals surface area contributed by atoms with Crippen LogP contribution in [0.15, 0.2) is 12.2 Å². The van der Waals surface area contributed by atoms with Gasteiger partial charge in [0.05, 0.1) is 0 Å². The van der Waals surface area contributed by atoms with Crippen molar-refractivity contribution in [2.75, 3.05) is 26.2 Å². The Hall–Kier alpha value is -0.340. The van der Waals surface area contributed by atoms with Crippen LogP contribution < -0.4 is 5.32 Å². The van der Waals surface area contributed by atoms with E-state index in [9.17, 15) is 0 Å². The summed E-state index contributed by atoms with van der Waals surface area (Å²) < 4.78 is 0. The van der Waals surface area contributed by atoms with Gasteiger partial charge in [0.2, 0.25) is 0 Å². The zero-order valence-electron chi connectivity index (χ0n) is 11.3. The summed E-state index contributed by atoms with van der Waals surface area (Å²) in [5, 5.41) is 3.70. The van der Waals surface area contributed by atoms with Crippen molar-refractivity contribution in [1.82, 2.24) is 10.2 Å². The Bertz CT molecular complexity index is 205. The molecule has 0 bridgehead atoms. The molecule has 94 valence electrons. The van der Waals surface area contributed by atoms with Crippen LogP contribution in [0.3, 0.4) is 0 Å². The van der Waals surface area contributed by atoms with Gasteiger partial charge in [-0.05, 0) is 45.3 Å². The van der Waals surface area contributed by atoms with Gasteiger partial charge in [0.25, 0.3) is 0 Å². The first kappa shape index (κ1) is 13.7. The van der Waals surface area contributed by atoms with Crippen molar-refractivity contribution in [1.29, 1.82) is 0 Å². The van der Waals surface area contributed by atoms with Crippen LogP contribution >= 0.6 is 0 Å². The number of hydrogen-bond acceptors (Lipinski definition) is 2. The van der Waals surface area contributed by atoms with Crippen molar-refractivity contribution in [2.45, 2.75) is 46.1 Å². The second-order valence-electron chi connectivity index (χ2n) is 5.43. The highest BCUT2D eigenvalue weighted by Gasteiger charge is 2.18. The number of hydrogen-bond donors (Lipinski definition) is 1. The Morgan fingerprint density at radius 2 is 2.06 bits per heavy atom. The number of piperidine rings is 1. The minimum atomic E-state index is 0.746.